The van der Waals surface area contributed by atoms with Gasteiger partial charge < -0.3 is 19.9 Å². The van der Waals surface area contributed by atoms with Crippen molar-refractivity contribution < 1.29 is 0 Å². The van der Waals surface area contributed by atoms with Crippen LogP contribution in [0, 0.1) is 69.2 Å². The SMILES string of the molecule is Cc1ccc(-c2c3nc(c(-c4cccc5c4sc4c(-c6c7nc(c(-c8ccc(C)cc8)c8ccc([nH]8)c(-c8c(C)cc(C)cc8C)c8nc(c(-c9ccc(C)cc9)c9ccc6[nH]9)C=C8)C=C7)cccc45)c4ccc([nH]4)c(-c4ccc(C)cc4)c4nc(c(-c5c(C)cc(C)cc5C)c5ccc2[nH]5)C=C4)C=C3)cc1. The molecule has 4 N–H and O–H groups in total. The van der Waals surface area contributed by atoms with E-state index >= 15 is 0 Å². The normalized spacial score (nSPS) is 12.4. The number of benzene rings is 8. The molecule has 4 aliphatic heterocycles. The number of fused-ring (bicyclic) bond motifs is 19. The molecule has 9 heteroatoms. The Morgan fingerprint density at radius 1 is 0.215 bits per heavy atom. The van der Waals surface area contributed by atoms with Gasteiger partial charge in [0, 0.05) is 120 Å². The number of aryl methyl sites for hydroxylation is 10. The van der Waals surface area contributed by atoms with Crippen LogP contribution in [0.25, 0.3) is 202 Å². The van der Waals surface area contributed by atoms with Crippen LogP contribution < -0.4 is 0 Å². The zero-order valence-corrected chi connectivity index (χ0v) is 62.3. The predicted molar refractivity (Wildman–Crippen MR) is 455 cm³/mol. The van der Waals surface area contributed by atoms with Crippen molar-refractivity contribution in [1.29, 1.82) is 0 Å². The van der Waals surface area contributed by atoms with Crippen LogP contribution in [-0.4, -0.2) is 39.9 Å². The Kier molecular flexibility index (Phi) is 15.5. The molecule has 0 spiro atoms. The van der Waals surface area contributed by atoms with E-state index in [9.17, 15) is 0 Å². The molecule has 0 saturated heterocycles. The summed E-state index contributed by atoms with van der Waals surface area (Å²) in [6.07, 6.45) is 17.6. The maximum absolute atomic E-state index is 5.84. The molecular weight excluding hydrogens is 1320 g/mol. The number of nitrogens with one attached hydrogen (secondary N) is 4. The Bertz CT molecular complexity index is 6270. The highest BCUT2D eigenvalue weighted by molar-refractivity contribution is 7.27. The summed E-state index contributed by atoms with van der Waals surface area (Å²) in [6.45, 7) is 21.8. The maximum Gasteiger partial charge on any atom is 0.0737 e. The first-order valence-corrected chi connectivity index (χ1v) is 37.6. The van der Waals surface area contributed by atoms with E-state index in [2.05, 4.69) is 344 Å². The summed E-state index contributed by atoms with van der Waals surface area (Å²) in [5.41, 5.74) is 43.4. The van der Waals surface area contributed by atoms with E-state index in [1.54, 1.807) is 0 Å². The van der Waals surface area contributed by atoms with Crippen LogP contribution in [0.2, 0.25) is 0 Å². The molecular formula is C98H76N8S. The van der Waals surface area contributed by atoms with Crippen molar-refractivity contribution in [3.05, 3.63) is 307 Å². The summed E-state index contributed by atoms with van der Waals surface area (Å²) in [6, 6.07) is 75.9. The molecule has 7 aromatic heterocycles. The molecule has 0 aliphatic carbocycles. The van der Waals surface area contributed by atoms with Crippen LogP contribution in [0.15, 0.2) is 206 Å². The van der Waals surface area contributed by atoms with E-state index in [-0.39, 0.29) is 0 Å². The number of H-pyrrole nitrogens is 4. The number of aromatic nitrogens is 8. The first-order chi connectivity index (χ1) is 52.1. The monoisotopic (exact) mass is 1400 g/mol. The summed E-state index contributed by atoms with van der Waals surface area (Å²) < 4.78 is 2.28. The highest BCUT2D eigenvalue weighted by Gasteiger charge is 2.26. The molecule has 19 rings (SSSR count). The topological polar surface area (TPSA) is 115 Å². The van der Waals surface area contributed by atoms with Gasteiger partial charge in [0.1, 0.15) is 0 Å². The first-order valence-electron chi connectivity index (χ1n) is 36.8. The van der Waals surface area contributed by atoms with Gasteiger partial charge in [0.05, 0.1) is 45.6 Å². The zero-order chi connectivity index (χ0) is 72.6. The summed E-state index contributed by atoms with van der Waals surface area (Å²) in [4.78, 5) is 39.3. The van der Waals surface area contributed by atoms with Crippen LogP contribution >= 0.6 is 11.3 Å². The third-order valence-electron chi connectivity index (χ3n) is 21.8. The molecule has 0 unspecified atom stereocenters. The molecule has 107 heavy (non-hydrogen) atoms. The van der Waals surface area contributed by atoms with Gasteiger partial charge in [0.2, 0.25) is 0 Å². The average Bonchev–Trinajstić information content (AvgIpc) is 1.59. The third kappa shape index (κ3) is 11.2. The van der Waals surface area contributed by atoms with E-state index < -0.39 is 0 Å². The van der Waals surface area contributed by atoms with Crippen LogP contribution in [0.5, 0.6) is 0 Å². The van der Waals surface area contributed by atoms with Crippen molar-refractivity contribution in [2.24, 2.45) is 0 Å². The van der Waals surface area contributed by atoms with Crippen LogP contribution in [0.3, 0.4) is 0 Å². The number of hydrogen-bond acceptors (Lipinski definition) is 5. The minimum absolute atomic E-state index is 0.849. The van der Waals surface area contributed by atoms with E-state index in [0.717, 1.165) is 188 Å². The van der Waals surface area contributed by atoms with Crippen molar-refractivity contribution in [2.45, 2.75) is 69.2 Å². The molecule has 4 aliphatic rings. The van der Waals surface area contributed by atoms with Gasteiger partial charge in [0.15, 0.2) is 0 Å². The van der Waals surface area contributed by atoms with E-state index in [1.807, 2.05) is 11.3 Å². The lowest BCUT2D eigenvalue weighted by molar-refractivity contribution is 1.28. The van der Waals surface area contributed by atoms with Crippen molar-refractivity contribution in [3.8, 4) is 89.0 Å². The predicted octanol–water partition coefficient (Wildman–Crippen LogP) is 26.4. The third-order valence-corrected chi connectivity index (χ3v) is 23.1. The average molecular weight is 1400 g/mol. The van der Waals surface area contributed by atoms with Gasteiger partial charge in [-0.25, -0.2) is 19.9 Å². The summed E-state index contributed by atoms with van der Waals surface area (Å²) >= 11 is 1.82. The molecule has 0 saturated carbocycles. The van der Waals surface area contributed by atoms with E-state index in [0.29, 0.717) is 0 Å². The molecule has 0 fully saturated rings. The molecule has 0 amide bonds. The minimum atomic E-state index is 0.849. The number of hydrogen-bond donors (Lipinski definition) is 4. The number of nitrogens with zero attached hydrogens (tertiary/aromatic N) is 4. The molecule has 0 radical (unpaired) electrons. The van der Waals surface area contributed by atoms with Crippen LogP contribution in [0.4, 0.5) is 0 Å². The summed E-state index contributed by atoms with van der Waals surface area (Å²) in [5, 5.41) is 2.30. The zero-order valence-electron chi connectivity index (χ0n) is 61.4. The summed E-state index contributed by atoms with van der Waals surface area (Å²) in [5.74, 6) is 0. The van der Waals surface area contributed by atoms with Crippen molar-refractivity contribution in [2.75, 3.05) is 0 Å². The van der Waals surface area contributed by atoms with Gasteiger partial charge in [-0.1, -0.05) is 191 Å². The second-order valence-corrected chi connectivity index (χ2v) is 30.5. The molecule has 15 aromatic rings. The molecule has 0 atom stereocenters. The molecule has 514 valence electrons. The van der Waals surface area contributed by atoms with Gasteiger partial charge in [0.25, 0.3) is 0 Å². The lowest BCUT2D eigenvalue weighted by Gasteiger charge is -2.13. The Hall–Kier alpha value is -12.8. The highest BCUT2D eigenvalue weighted by atomic mass is 32.1. The first kappa shape index (κ1) is 65.0. The van der Waals surface area contributed by atoms with E-state index in [4.69, 9.17) is 19.9 Å². The maximum atomic E-state index is 5.84. The Labute approximate surface area is 625 Å². The van der Waals surface area contributed by atoms with Crippen molar-refractivity contribution >= 4 is 124 Å². The molecule has 8 nitrogen and oxygen atoms in total. The van der Waals surface area contributed by atoms with Gasteiger partial charge in [-0.3, -0.25) is 0 Å². The van der Waals surface area contributed by atoms with Crippen LogP contribution in [-0.2, 0) is 0 Å². The fraction of sp³-hybridized carbons (Fsp3) is 0.102. The lowest BCUT2D eigenvalue weighted by atomic mass is 9.92. The van der Waals surface area contributed by atoms with Gasteiger partial charge in [-0.2, -0.15) is 0 Å². The summed E-state index contributed by atoms with van der Waals surface area (Å²) in [7, 11) is 0. The second-order valence-electron chi connectivity index (χ2n) is 29.5. The largest absolute Gasteiger partial charge is 0.354 e. The van der Waals surface area contributed by atoms with Crippen LogP contribution in [0.1, 0.15) is 101 Å². The Morgan fingerprint density at radius 3 is 0.701 bits per heavy atom. The fourth-order valence-electron chi connectivity index (χ4n) is 17.0. The standard InChI is InChI=1S/C98H76N8S/c1-53-17-25-63(26-18-53)89-71-33-41-79(99-71)93(80-42-34-72(100-80)90(64-27-19-54(2)20-28-64)76-38-46-84(104-76)95(83-45-37-75(89)103-83)87-59(7)49-57(5)50-60(87)8)69-15-11-13-67-68-14-12-16-70(98(68)107-97(67)69)94-81-43-35-73(101-81)91(65-29-21-55(3)22-30-65)77-39-47-85(105-77)96(88-61(9)51-58(6)52-62(88)10)86-48-40-78(106-86)92(74-36-44-82(94)102-74)66-31-23-56(4)24-32-66/h11-52,99,101,104,106H,1-10H3. The Morgan fingerprint density at radius 2 is 0.439 bits per heavy atom. The molecule has 16 bridgehead atoms. The molecule has 8 aromatic carbocycles. The van der Waals surface area contributed by atoms with Gasteiger partial charge in [-0.15, -0.1) is 11.3 Å². The van der Waals surface area contributed by atoms with Crippen molar-refractivity contribution in [3.63, 3.8) is 0 Å². The quantitative estimate of drug-likeness (QED) is 0.121. The lowest BCUT2D eigenvalue weighted by Crippen LogP contribution is -1.94. The smallest absolute Gasteiger partial charge is 0.0737 e. The Balaban J connectivity index is 0.900. The minimum Gasteiger partial charge on any atom is -0.354 e. The van der Waals surface area contributed by atoms with Crippen molar-refractivity contribution in [1.82, 2.24) is 39.9 Å². The van der Waals surface area contributed by atoms with Gasteiger partial charge in [-0.05, 0) is 222 Å². The molecule has 11 heterocycles. The second kappa shape index (κ2) is 25.5. The van der Waals surface area contributed by atoms with E-state index in [1.165, 1.54) is 66.8 Å². The number of thiophene rings is 1. The highest BCUT2D eigenvalue weighted by Crippen LogP contribution is 2.49. The van der Waals surface area contributed by atoms with Gasteiger partial charge >= 0.3 is 0 Å². The fourth-order valence-corrected chi connectivity index (χ4v) is 18.3. The number of rotatable bonds is 8. The number of aromatic amines is 4.